The van der Waals surface area contributed by atoms with Gasteiger partial charge in [0.05, 0.1) is 10.1 Å². The quantitative estimate of drug-likeness (QED) is 0.566. The molecule has 1 rings (SSSR count). The van der Waals surface area contributed by atoms with Crippen LogP contribution in [-0.2, 0) is 0 Å². The van der Waals surface area contributed by atoms with E-state index >= 15 is 0 Å². The predicted molar refractivity (Wildman–Crippen MR) is 56.8 cm³/mol. The molecular weight excluding hydrogens is 213 g/mol. The van der Waals surface area contributed by atoms with Gasteiger partial charge < -0.3 is 0 Å². The fourth-order valence-corrected chi connectivity index (χ4v) is 1.74. The molecule has 0 aliphatic rings. The molecule has 0 aromatic heterocycles. The van der Waals surface area contributed by atoms with E-state index in [0.717, 1.165) is 5.56 Å². The highest BCUT2D eigenvalue weighted by atomic mass is 35.5. The summed E-state index contributed by atoms with van der Waals surface area (Å²) < 4.78 is 0. The summed E-state index contributed by atoms with van der Waals surface area (Å²) in [6.07, 6.45) is 1.84. The van der Waals surface area contributed by atoms with E-state index in [-0.39, 0.29) is 0 Å². The Morgan fingerprint density at radius 3 is 2.58 bits per heavy atom. The summed E-state index contributed by atoms with van der Waals surface area (Å²) in [5, 5.41) is 9.10. The molecule has 0 spiro atoms. The van der Waals surface area contributed by atoms with Gasteiger partial charge in [-0.1, -0.05) is 23.2 Å². The molecule has 0 saturated carbocycles. The number of thioether (sulfide) groups is 1. The fraction of sp³-hybridized carbons (Fsp3) is 0.125. The van der Waals surface area contributed by atoms with Crippen LogP contribution in [0.4, 0.5) is 0 Å². The molecule has 0 atom stereocenters. The summed E-state index contributed by atoms with van der Waals surface area (Å²) in [4.78, 5) is 0. The molecule has 0 aliphatic carbocycles. The van der Waals surface area contributed by atoms with E-state index in [0.29, 0.717) is 15.1 Å². The minimum absolute atomic E-state index is 0.455. The summed E-state index contributed by atoms with van der Waals surface area (Å²) >= 11 is 12.9. The van der Waals surface area contributed by atoms with E-state index in [1.54, 1.807) is 18.2 Å². The molecule has 1 aromatic carbocycles. The second kappa shape index (κ2) is 4.17. The number of hydrogen-bond donors (Lipinski definition) is 1. The minimum Gasteiger partial charge on any atom is -0.293 e. The SMILES string of the molecule is CSC(=N)c1ccc(Cl)cc1Cl. The van der Waals surface area contributed by atoms with Gasteiger partial charge in [0.1, 0.15) is 0 Å². The largest absolute Gasteiger partial charge is 0.293 e. The monoisotopic (exact) mass is 219 g/mol. The Morgan fingerprint density at radius 2 is 2.08 bits per heavy atom. The van der Waals surface area contributed by atoms with E-state index in [9.17, 15) is 0 Å². The van der Waals surface area contributed by atoms with Crippen molar-refractivity contribution in [3.8, 4) is 0 Å². The molecule has 0 amide bonds. The lowest BCUT2D eigenvalue weighted by Crippen LogP contribution is -1.92. The van der Waals surface area contributed by atoms with Crippen molar-refractivity contribution in [1.29, 1.82) is 5.41 Å². The zero-order chi connectivity index (χ0) is 9.14. The molecule has 0 radical (unpaired) electrons. The van der Waals surface area contributed by atoms with Gasteiger partial charge in [-0.2, -0.15) is 0 Å². The molecular formula is C8H7Cl2NS. The van der Waals surface area contributed by atoms with Gasteiger partial charge in [-0.15, -0.1) is 11.8 Å². The van der Waals surface area contributed by atoms with Crippen LogP contribution in [0.2, 0.25) is 10.0 Å². The fourth-order valence-electron chi connectivity index (χ4n) is 0.784. The molecule has 0 unspecified atom stereocenters. The molecule has 0 bridgehead atoms. The van der Waals surface area contributed by atoms with Crippen LogP contribution in [0.15, 0.2) is 18.2 Å². The second-order valence-corrected chi connectivity index (χ2v) is 3.82. The van der Waals surface area contributed by atoms with Gasteiger partial charge in [0, 0.05) is 10.6 Å². The van der Waals surface area contributed by atoms with Gasteiger partial charge in [0.15, 0.2) is 0 Å². The number of benzene rings is 1. The van der Waals surface area contributed by atoms with Crippen LogP contribution in [-0.4, -0.2) is 11.3 Å². The summed E-state index contributed by atoms with van der Waals surface area (Å²) in [5.41, 5.74) is 0.730. The summed E-state index contributed by atoms with van der Waals surface area (Å²) in [7, 11) is 0. The molecule has 0 aliphatic heterocycles. The van der Waals surface area contributed by atoms with Crippen LogP contribution in [0.25, 0.3) is 0 Å². The van der Waals surface area contributed by atoms with Gasteiger partial charge in [-0.25, -0.2) is 0 Å². The maximum atomic E-state index is 7.53. The Kier molecular flexibility index (Phi) is 3.44. The van der Waals surface area contributed by atoms with Gasteiger partial charge in [-0.3, -0.25) is 5.41 Å². The minimum atomic E-state index is 0.455. The molecule has 1 nitrogen and oxygen atoms in total. The topological polar surface area (TPSA) is 23.9 Å². The molecule has 0 saturated heterocycles. The predicted octanol–water partition coefficient (Wildman–Crippen LogP) is 3.68. The van der Waals surface area contributed by atoms with Crippen molar-refractivity contribution in [2.75, 3.05) is 6.26 Å². The average molecular weight is 220 g/mol. The Bertz CT molecular complexity index is 312. The van der Waals surface area contributed by atoms with Crippen LogP contribution >= 0.6 is 35.0 Å². The third-order valence-corrected chi connectivity index (χ3v) is 2.56. The van der Waals surface area contributed by atoms with E-state index in [2.05, 4.69) is 0 Å². The number of halogens is 2. The molecule has 1 aromatic rings. The zero-order valence-corrected chi connectivity index (χ0v) is 8.72. The highest BCUT2D eigenvalue weighted by molar-refractivity contribution is 8.13. The first-order valence-corrected chi connectivity index (χ1v) is 5.21. The highest BCUT2D eigenvalue weighted by Gasteiger charge is 2.04. The Balaban J connectivity index is 3.09. The van der Waals surface area contributed by atoms with E-state index in [1.165, 1.54) is 11.8 Å². The molecule has 1 N–H and O–H groups in total. The zero-order valence-electron chi connectivity index (χ0n) is 6.40. The number of rotatable bonds is 1. The molecule has 0 heterocycles. The molecule has 12 heavy (non-hydrogen) atoms. The van der Waals surface area contributed by atoms with Gasteiger partial charge in [-0.05, 0) is 24.5 Å². The highest BCUT2D eigenvalue weighted by Crippen LogP contribution is 2.23. The third-order valence-electron chi connectivity index (χ3n) is 1.38. The first-order valence-electron chi connectivity index (χ1n) is 3.23. The maximum Gasteiger partial charge on any atom is 0.0954 e. The van der Waals surface area contributed by atoms with Crippen LogP contribution < -0.4 is 0 Å². The Hall–Kier alpha value is -0.180. The van der Waals surface area contributed by atoms with Gasteiger partial charge in [0.2, 0.25) is 0 Å². The first kappa shape index (κ1) is 9.90. The molecule has 0 fully saturated rings. The smallest absolute Gasteiger partial charge is 0.0954 e. The van der Waals surface area contributed by atoms with Crippen molar-refractivity contribution in [2.45, 2.75) is 0 Å². The van der Waals surface area contributed by atoms with Crippen molar-refractivity contribution in [3.63, 3.8) is 0 Å². The normalized spacial score (nSPS) is 9.92. The van der Waals surface area contributed by atoms with E-state index in [1.807, 2.05) is 6.26 Å². The Morgan fingerprint density at radius 1 is 1.42 bits per heavy atom. The Labute approximate surface area is 85.6 Å². The lowest BCUT2D eigenvalue weighted by molar-refractivity contribution is 1.53. The molecule has 64 valence electrons. The molecule has 4 heteroatoms. The van der Waals surface area contributed by atoms with E-state index < -0.39 is 0 Å². The van der Waals surface area contributed by atoms with Crippen molar-refractivity contribution >= 4 is 40.0 Å². The lowest BCUT2D eigenvalue weighted by Gasteiger charge is -2.02. The average Bonchev–Trinajstić information content (AvgIpc) is 2.03. The van der Waals surface area contributed by atoms with Crippen molar-refractivity contribution in [3.05, 3.63) is 33.8 Å². The van der Waals surface area contributed by atoms with E-state index in [4.69, 9.17) is 28.6 Å². The van der Waals surface area contributed by atoms with Crippen molar-refractivity contribution < 1.29 is 0 Å². The van der Waals surface area contributed by atoms with Crippen molar-refractivity contribution in [1.82, 2.24) is 0 Å². The summed E-state index contributed by atoms with van der Waals surface area (Å²) in [6, 6.07) is 5.13. The number of hydrogen-bond acceptors (Lipinski definition) is 2. The van der Waals surface area contributed by atoms with Crippen molar-refractivity contribution in [2.24, 2.45) is 0 Å². The second-order valence-electron chi connectivity index (χ2n) is 2.16. The standard InChI is InChI=1S/C8H7Cl2NS/c1-12-8(11)6-3-2-5(9)4-7(6)10/h2-4,11H,1H3. The maximum absolute atomic E-state index is 7.53. The third kappa shape index (κ3) is 2.16. The van der Waals surface area contributed by atoms with Crippen LogP contribution in [0.1, 0.15) is 5.56 Å². The lowest BCUT2D eigenvalue weighted by atomic mass is 10.2. The summed E-state index contributed by atoms with van der Waals surface area (Å²) in [5.74, 6) is 0. The van der Waals surface area contributed by atoms with Gasteiger partial charge in [0.25, 0.3) is 0 Å². The summed E-state index contributed by atoms with van der Waals surface area (Å²) in [6.45, 7) is 0. The van der Waals surface area contributed by atoms with Crippen LogP contribution in [0.5, 0.6) is 0 Å². The van der Waals surface area contributed by atoms with Crippen LogP contribution in [0.3, 0.4) is 0 Å². The van der Waals surface area contributed by atoms with Gasteiger partial charge >= 0.3 is 0 Å². The first-order chi connectivity index (χ1) is 5.65. The number of nitrogens with one attached hydrogen (secondary N) is 1. The van der Waals surface area contributed by atoms with Crippen LogP contribution in [0, 0.1) is 5.41 Å².